The summed E-state index contributed by atoms with van der Waals surface area (Å²) < 4.78 is 15.4. The molecule has 12 nitrogen and oxygen atoms in total. The lowest BCUT2D eigenvalue weighted by Gasteiger charge is -2.61. The summed E-state index contributed by atoms with van der Waals surface area (Å²) in [7, 11) is 0. The van der Waals surface area contributed by atoms with Crippen molar-refractivity contribution in [3.05, 3.63) is 53.8 Å². The van der Waals surface area contributed by atoms with Crippen LogP contribution >= 0.6 is 11.6 Å². The summed E-state index contributed by atoms with van der Waals surface area (Å²) in [5.74, 6) is 1.39. The number of hydrogen-bond acceptors (Lipinski definition) is 10. The van der Waals surface area contributed by atoms with Gasteiger partial charge < -0.3 is 14.8 Å². The molecule has 2 aliphatic heterocycles. The van der Waals surface area contributed by atoms with Crippen LogP contribution in [0.15, 0.2) is 43.1 Å². The molecule has 1 saturated carbocycles. The molecule has 7 rings (SSSR count). The van der Waals surface area contributed by atoms with Gasteiger partial charge in [0.2, 0.25) is 5.95 Å². The molecule has 1 spiro atoms. The minimum absolute atomic E-state index is 0.184. The molecule has 3 aliphatic rings. The van der Waals surface area contributed by atoms with Crippen molar-refractivity contribution < 1.29 is 9.47 Å². The van der Waals surface area contributed by atoms with Crippen molar-refractivity contribution in [2.75, 3.05) is 31.6 Å². The molecule has 1 atom stereocenters. The zero-order valence-electron chi connectivity index (χ0n) is 25.4. The van der Waals surface area contributed by atoms with E-state index in [1.54, 1.807) is 11.0 Å². The fraction of sp³-hybridized carbons (Fsp3) is 0.548. The van der Waals surface area contributed by atoms with Gasteiger partial charge in [-0.05, 0) is 72.1 Å². The van der Waals surface area contributed by atoms with E-state index in [0.29, 0.717) is 40.8 Å². The minimum Gasteiger partial charge on any atom is -0.487 e. The van der Waals surface area contributed by atoms with Gasteiger partial charge in [0, 0.05) is 56.5 Å². The van der Waals surface area contributed by atoms with Gasteiger partial charge in [-0.3, -0.25) is 9.58 Å². The molecule has 13 heteroatoms. The van der Waals surface area contributed by atoms with E-state index in [2.05, 4.69) is 60.4 Å². The molecule has 1 unspecified atom stereocenters. The first-order valence-corrected chi connectivity index (χ1v) is 15.9. The van der Waals surface area contributed by atoms with Gasteiger partial charge in [-0.25, -0.2) is 14.6 Å². The average Bonchev–Trinajstić information content (AvgIpc) is 3.64. The Labute approximate surface area is 262 Å². The topological polar surface area (TPSA) is 121 Å². The molecule has 0 radical (unpaired) electrons. The highest BCUT2D eigenvalue weighted by Gasteiger charge is 2.54. The van der Waals surface area contributed by atoms with Gasteiger partial charge in [-0.2, -0.15) is 5.10 Å². The molecule has 44 heavy (non-hydrogen) atoms. The van der Waals surface area contributed by atoms with Gasteiger partial charge in [0.25, 0.3) is 0 Å². The van der Waals surface area contributed by atoms with Crippen LogP contribution in [0.2, 0.25) is 5.02 Å². The third-order valence-electron chi connectivity index (χ3n) is 9.13. The van der Waals surface area contributed by atoms with E-state index in [4.69, 9.17) is 26.2 Å². The minimum atomic E-state index is -0.184. The quantitative estimate of drug-likeness (QED) is 0.256. The molecule has 1 aromatic carbocycles. The van der Waals surface area contributed by atoms with Gasteiger partial charge >= 0.3 is 0 Å². The first-order valence-electron chi connectivity index (χ1n) is 15.5. The van der Waals surface area contributed by atoms with Gasteiger partial charge in [0.05, 0.1) is 29.0 Å². The number of rotatable bonds is 10. The number of aromatic nitrogens is 8. The lowest BCUT2D eigenvalue weighted by molar-refractivity contribution is -0.124. The van der Waals surface area contributed by atoms with E-state index in [1.165, 1.54) is 38.8 Å². The second-order valence-corrected chi connectivity index (χ2v) is 13.3. The average molecular weight is 619 g/mol. The van der Waals surface area contributed by atoms with Gasteiger partial charge in [0.1, 0.15) is 18.2 Å². The zero-order chi connectivity index (χ0) is 30.3. The van der Waals surface area contributed by atoms with Crippen LogP contribution in [-0.2, 0) is 11.3 Å². The van der Waals surface area contributed by atoms with Crippen LogP contribution in [0.5, 0.6) is 5.75 Å². The van der Waals surface area contributed by atoms with E-state index in [9.17, 15) is 0 Å². The number of halogens is 1. The maximum atomic E-state index is 6.44. The Hall–Kier alpha value is -3.61. The van der Waals surface area contributed by atoms with E-state index in [1.807, 2.05) is 37.5 Å². The van der Waals surface area contributed by atoms with Crippen LogP contribution in [0, 0.1) is 5.41 Å². The summed E-state index contributed by atoms with van der Waals surface area (Å²) in [6.07, 6.45) is 11.9. The first-order chi connectivity index (χ1) is 21.3. The normalized spacial score (nSPS) is 19.6. The Morgan fingerprint density at radius 3 is 2.55 bits per heavy atom. The molecule has 3 aromatic heterocycles. The van der Waals surface area contributed by atoms with Gasteiger partial charge in [0.15, 0.2) is 0 Å². The SMILES string of the molecule is CC(Cn1cnnn1)Oc1cc(-c2cnc(Nc3cn(C4CC5(C4)CN(C4CCOCC4)C5)nc3C(C)C)nc2)ccc1Cl. The Bertz CT molecular complexity index is 1550. The van der Waals surface area contributed by atoms with Crippen LogP contribution in [-0.4, -0.2) is 83.3 Å². The zero-order valence-corrected chi connectivity index (χ0v) is 26.2. The number of nitrogens with one attached hydrogen (secondary N) is 1. The second-order valence-electron chi connectivity index (χ2n) is 12.9. The summed E-state index contributed by atoms with van der Waals surface area (Å²) in [6, 6.07) is 6.81. The third kappa shape index (κ3) is 6.02. The number of likely N-dealkylation sites (tertiary alicyclic amines) is 1. The number of hydrogen-bond donors (Lipinski definition) is 1. The molecule has 232 valence electrons. The summed E-state index contributed by atoms with van der Waals surface area (Å²) in [5, 5.41) is 20.2. The predicted octanol–water partition coefficient (Wildman–Crippen LogP) is 5.13. The van der Waals surface area contributed by atoms with Crippen molar-refractivity contribution in [2.24, 2.45) is 5.41 Å². The standard InChI is InChI=1S/C31H39ClN10O2/c1-20(2)29-27(16-42(37-29)25-11-31(12-25)17-40(18-31)24-6-8-43-9-7-24)36-30-33-13-23(14-34-30)22-4-5-26(32)28(10-22)44-21(3)15-41-19-35-38-39-41/h4-5,10,13-14,16,19-21,24-25H,6-9,11-12,15,17-18H2,1-3H3,(H,33,34,36). The molecule has 1 N–H and O–H groups in total. The van der Waals surface area contributed by atoms with Crippen LogP contribution in [0.4, 0.5) is 11.6 Å². The largest absolute Gasteiger partial charge is 0.487 e. The van der Waals surface area contributed by atoms with Crippen LogP contribution < -0.4 is 10.1 Å². The van der Waals surface area contributed by atoms with Gasteiger partial charge in [-0.1, -0.05) is 31.5 Å². The lowest BCUT2D eigenvalue weighted by atomic mass is 9.60. The van der Waals surface area contributed by atoms with Crippen molar-refractivity contribution >= 4 is 23.2 Å². The predicted molar refractivity (Wildman–Crippen MR) is 166 cm³/mol. The van der Waals surface area contributed by atoms with Gasteiger partial charge in [-0.15, -0.1) is 5.10 Å². The van der Waals surface area contributed by atoms with Crippen molar-refractivity contribution in [2.45, 2.75) is 77.1 Å². The molecule has 5 heterocycles. The van der Waals surface area contributed by atoms with Crippen molar-refractivity contribution in [3.63, 3.8) is 0 Å². The molecule has 4 aromatic rings. The van der Waals surface area contributed by atoms with E-state index >= 15 is 0 Å². The first kappa shape index (κ1) is 29.1. The fourth-order valence-electron chi connectivity index (χ4n) is 6.84. The maximum absolute atomic E-state index is 6.44. The third-order valence-corrected chi connectivity index (χ3v) is 9.44. The van der Waals surface area contributed by atoms with Crippen molar-refractivity contribution in [1.82, 2.24) is 44.9 Å². The van der Waals surface area contributed by atoms with Crippen LogP contribution in [0.25, 0.3) is 11.1 Å². The number of anilines is 2. The molecular weight excluding hydrogens is 580 g/mol. The molecule has 0 amide bonds. The molecule has 2 saturated heterocycles. The number of benzene rings is 1. The van der Waals surface area contributed by atoms with Crippen LogP contribution in [0.3, 0.4) is 0 Å². The summed E-state index contributed by atoms with van der Waals surface area (Å²) >= 11 is 6.44. The number of nitrogens with zero attached hydrogens (tertiary/aromatic N) is 9. The molecule has 3 fully saturated rings. The highest BCUT2D eigenvalue weighted by Crippen LogP contribution is 2.55. The lowest BCUT2D eigenvalue weighted by Crippen LogP contribution is -2.65. The monoisotopic (exact) mass is 618 g/mol. The van der Waals surface area contributed by atoms with E-state index in [0.717, 1.165) is 35.7 Å². The Morgan fingerprint density at radius 1 is 1.07 bits per heavy atom. The molecular formula is C31H39ClN10O2. The summed E-state index contributed by atoms with van der Waals surface area (Å²) in [4.78, 5) is 11.9. The highest BCUT2D eigenvalue weighted by atomic mass is 35.5. The van der Waals surface area contributed by atoms with E-state index < -0.39 is 0 Å². The van der Waals surface area contributed by atoms with E-state index in [-0.39, 0.29) is 12.0 Å². The number of tetrazole rings is 1. The van der Waals surface area contributed by atoms with Crippen molar-refractivity contribution in [1.29, 1.82) is 0 Å². The summed E-state index contributed by atoms with van der Waals surface area (Å²) in [5.41, 5.74) is 4.24. The molecule has 1 aliphatic carbocycles. The summed E-state index contributed by atoms with van der Waals surface area (Å²) in [6.45, 7) is 11.0. The Balaban J connectivity index is 0.985. The van der Waals surface area contributed by atoms with Crippen LogP contribution in [0.1, 0.15) is 64.1 Å². The Morgan fingerprint density at radius 2 is 1.84 bits per heavy atom. The molecule has 0 bridgehead atoms. The maximum Gasteiger partial charge on any atom is 0.227 e. The number of ether oxygens (including phenoxy) is 2. The van der Waals surface area contributed by atoms with Crippen molar-refractivity contribution in [3.8, 4) is 16.9 Å². The second kappa shape index (κ2) is 12.1. The Kier molecular flexibility index (Phi) is 7.98. The fourth-order valence-corrected chi connectivity index (χ4v) is 7.00. The highest BCUT2D eigenvalue weighted by molar-refractivity contribution is 6.32. The smallest absolute Gasteiger partial charge is 0.227 e.